The van der Waals surface area contributed by atoms with Crippen molar-refractivity contribution >= 4 is 90.5 Å². The maximum atomic E-state index is 2.48. The van der Waals surface area contributed by atoms with Gasteiger partial charge in [-0.25, -0.2) is 0 Å². The molecule has 2 nitrogen and oxygen atoms in total. The zero-order valence-electron chi connectivity index (χ0n) is 45.5. The Morgan fingerprint density at radius 3 is 1.05 bits per heavy atom. The van der Waals surface area contributed by atoms with Crippen LogP contribution in [0.15, 0.2) is 279 Å². The molecule has 13 aromatic carbocycles. The van der Waals surface area contributed by atoms with E-state index in [9.17, 15) is 0 Å². The summed E-state index contributed by atoms with van der Waals surface area (Å²) in [5.41, 5.74) is 17.5. The van der Waals surface area contributed by atoms with Gasteiger partial charge in [0.25, 0.3) is 0 Å². The molecule has 0 saturated heterocycles. The van der Waals surface area contributed by atoms with Crippen LogP contribution in [0.5, 0.6) is 0 Å². The second kappa shape index (κ2) is 20.6. The molecular weight excluding hydrogens is 969 g/mol. The van der Waals surface area contributed by atoms with E-state index in [2.05, 4.69) is 322 Å². The second-order valence-electron chi connectivity index (χ2n) is 22.3. The third-order valence-corrected chi connectivity index (χ3v) is 18.1. The highest BCUT2D eigenvalue weighted by molar-refractivity contribution is 6.88. The van der Waals surface area contributed by atoms with Gasteiger partial charge in [0.05, 0.1) is 19.4 Å². The van der Waals surface area contributed by atoms with Crippen molar-refractivity contribution < 1.29 is 0 Å². The molecule has 0 saturated carbocycles. The number of nitrogens with zero attached hydrogens (tertiary/aromatic N) is 2. The van der Waals surface area contributed by atoms with Crippen LogP contribution in [0.4, 0.5) is 34.1 Å². The van der Waals surface area contributed by atoms with E-state index >= 15 is 0 Å². The third-order valence-electron chi connectivity index (χ3n) is 16.0. The Kier molecular flexibility index (Phi) is 12.8. The van der Waals surface area contributed by atoms with Crippen LogP contribution in [0.25, 0.3) is 87.6 Å². The molecule has 0 aliphatic rings. The fraction of sp³-hybridized carbons (Fsp3) is 0.0789. The van der Waals surface area contributed by atoms with E-state index in [1.807, 2.05) is 0 Å². The molecule has 0 N–H and O–H groups in total. The lowest BCUT2D eigenvalue weighted by Gasteiger charge is -2.29. The van der Waals surface area contributed by atoms with Gasteiger partial charge in [-0.15, -0.1) is 0 Å². The molecular formula is C76H62N2Si. The summed E-state index contributed by atoms with van der Waals surface area (Å²) in [6.07, 6.45) is 0. The van der Waals surface area contributed by atoms with Crippen LogP contribution < -0.4 is 15.0 Å². The van der Waals surface area contributed by atoms with Crippen LogP contribution in [0.2, 0.25) is 19.6 Å². The quantitative estimate of drug-likeness (QED) is 0.0889. The summed E-state index contributed by atoms with van der Waals surface area (Å²) >= 11 is 0. The summed E-state index contributed by atoms with van der Waals surface area (Å²) in [7, 11) is -1.58. The standard InChI is InChI=1S/C76H62N2Si/c1-52(2)53-38-40-62(41-39-53)77(73-28-16-24-58-22-12-14-26-67(58)73)64-44-48-69-71(50-64)75(60-34-30-56(31-35-60)54-18-8-6-9-19-54)70-49-45-65(51-72(70)76(69)61-36-32-57(33-37-61)55-20-10-7-11-21-55)78(63-42-46-66(47-43-63)79(3,4)5)74-29-17-25-59-23-13-15-27-68(59)74/h6-52H,1-5H3. The van der Waals surface area contributed by atoms with Gasteiger partial charge in [-0.2, -0.15) is 0 Å². The third kappa shape index (κ3) is 9.37. The van der Waals surface area contributed by atoms with Gasteiger partial charge in [-0.1, -0.05) is 257 Å². The van der Waals surface area contributed by atoms with Crippen LogP contribution in [-0.4, -0.2) is 8.07 Å². The number of benzene rings is 13. The highest BCUT2D eigenvalue weighted by Gasteiger charge is 2.25. The lowest BCUT2D eigenvalue weighted by Crippen LogP contribution is -2.37. The van der Waals surface area contributed by atoms with E-state index in [-0.39, 0.29) is 0 Å². The largest absolute Gasteiger partial charge is 0.310 e. The van der Waals surface area contributed by atoms with Crippen molar-refractivity contribution in [3.05, 3.63) is 285 Å². The molecule has 79 heavy (non-hydrogen) atoms. The molecule has 0 aliphatic heterocycles. The van der Waals surface area contributed by atoms with Crippen molar-refractivity contribution in [2.24, 2.45) is 0 Å². The molecule has 3 heteroatoms. The smallest absolute Gasteiger partial charge is 0.0775 e. The number of hydrogen-bond donors (Lipinski definition) is 0. The highest BCUT2D eigenvalue weighted by Crippen LogP contribution is 2.50. The van der Waals surface area contributed by atoms with Crippen LogP contribution in [0, 0.1) is 0 Å². The van der Waals surface area contributed by atoms with E-state index in [1.54, 1.807) is 0 Å². The second-order valence-corrected chi connectivity index (χ2v) is 27.4. The molecule has 0 unspecified atom stereocenters. The number of hydrogen-bond acceptors (Lipinski definition) is 2. The first-order valence-corrected chi connectivity index (χ1v) is 31.3. The molecule has 0 spiro atoms. The maximum absolute atomic E-state index is 2.48. The average Bonchev–Trinajstić information content (AvgIpc) is 3.51. The Morgan fingerprint density at radius 1 is 0.278 bits per heavy atom. The van der Waals surface area contributed by atoms with Gasteiger partial charge < -0.3 is 9.80 Å². The van der Waals surface area contributed by atoms with E-state index in [0.717, 1.165) is 45.3 Å². The molecule has 0 heterocycles. The van der Waals surface area contributed by atoms with E-state index in [4.69, 9.17) is 0 Å². The molecule has 0 bridgehead atoms. The molecule has 0 radical (unpaired) electrons. The van der Waals surface area contributed by atoms with Crippen molar-refractivity contribution in [1.82, 2.24) is 0 Å². The Labute approximate surface area is 466 Å². The first kappa shape index (κ1) is 49.3. The summed E-state index contributed by atoms with van der Waals surface area (Å²) in [6.45, 7) is 11.8. The van der Waals surface area contributed by atoms with Gasteiger partial charge in [0.1, 0.15) is 0 Å². The Hall–Kier alpha value is -9.28. The van der Waals surface area contributed by atoms with Crippen molar-refractivity contribution in [2.75, 3.05) is 9.80 Å². The minimum atomic E-state index is -1.58. The zero-order valence-corrected chi connectivity index (χ0v) is 46.5. The van der Waals surface area contributed by atoms with Gasteiger partial charge in [0.15, 0.2) is 0 Å². The first-order valence-electron chi connectivity index (χ1n) is 27.8. The van der Waals surface area contributed by atoms with Crippen molar-refractivity contribution in [1.29, 1.82) is 0 Å². The summed E-state index contributed by atoms with van der Waals surface area (Å²) < 4.78 is 0. The van der Waals surface area contributed by atoms with Crippen molar-refractivity contribution in [3.8, 4) is 44.5 Å². The van der Waals surface area contributed by atoms with Crippen LogP contribution >= 0.6 is 0 Å². The Balaban J connectivity index is 1.12. The molecule has 13 rings (SSSR count). The normalized spacial score (nSPS) is 11.7. The fourth-order valence-electron chi connectivity index (χ4n) is 11.8. The molecule has 0 aliphatic carbocycles. The number of rotatable bonds is 12. The molecule has 380 valence electrons. The first-order chi connectivity index (χ1) is 38.6. The van der Waals surface area contributed by atoms with E-state index < -0.39 is 8.07 Å². The summed E-state index contributed by atoms with van der Waals surface area (Å²) in [6, 6.07) is 104. The molecule has 0 atom stereocenters. The minimum absolute atomic E-state index is 0.417. The summed E-state index contributed by atoms with van der Waals surface area (Å²) in [5.74, 6) is 0.417. The minimum Gasteiger partial charge on any atom is -0.310 e. The highest BCUT2D eigenvalue weighted by atomic mass is 28.3. The summed E-state index contributed by atoms with van der Waals surface area (Å²) in [4.78, 5) is 4.94. The Morgan fingerprint density at radius 2 is 0.633 bits per heavy atom. The van der Waals surface area contributed by atoms with Crippen LogP contribution in [0.1, 0.15) is 25.3 Å². The van der Waals surface area contributed by atoms with Gasteiger partial charge in [-0.05, 0) is 149 Å². The predicted octanol–water partition coefficient (Wildman–Crippen LogP) is 21.6. The summed E-state index contributed by atoms with van der Waals surface area (Å²) in [5, 5.41) is 11.0. The lowest BCUT2D eigenvalue weighted by atomic mass is 9.84. The molecule has 0 fully saturated rings. The molecule has 0 aromatic heterocycles. The Bertz CT molecular complexity index is 4320. The maximum Gasteiger partial charge on any atom is 0.0775 e. The predicted molar refractivity (Wildman–Crippen MR) is 345 cm³/mol. The van der Waals surface area contributed by atoms with Crippen molar-refractivity contribution in [2.45, 2.75) is 39.4 Å². The van der Waals surface area contributed by atoms with Gasteiger partial charge in [0.2, 0.25) is 0 Å². The zero-order chi connectivity index (χ0) is 53.6. The van der Waals surface area contributed by atoms with Crippen LogP contribution in [-0.2, 0) is 0 Å². The average molecular weight is 1030 g/mol. The van der Waals surface area contributed by atoms with Gasteiger partial charge >= 0.3 is 0 Å². The monoisotopic (exact) mass is 1030 g/mol. The van der Waals surface area contributed by atoms with Crippen molar-refractivity contribution in [3.63, 3.8) is 0 Å². The van der Waals surface area contributed by atoms with Gasteiger partial charge in [0, 0.05) is 33.5 Å². The fourth-order valence-corrected chi connectivity index (χ4v) is 13.0. The van der Waals surface area contributed by atoms with Gasteiger partial charge in [-0.3, -0.25) is 0 Å². The van der Waals surface area contributed by atoms with Crippen LogP contribution in [0.3, 0.4) is 0 Å². The number of anilines is 6. The molecule has 13 aromatic rings. The molecule has 0 amide bonds. The van der Waals surface area contributed by atoms with E-state index in [0.29, 0.717) is 5.92 Å². The topological polar surface area (TPSA) is 6.48 Å². The van der Waals surface area contributed by atoms with E-state index in [1.165, 1.54) is 87.2 Å². The number of fused-ring (bicyclic) bond motifs is 4. The SMILES string of the molecule is CC(C)c1ccc(N(c2ccc3c(-c4ccc(-c5ccccc5)cc4)c4cc(N(c5ccc([Si](C)(C)C)cc5)c5cccc6ccccc56)ccc4c(-c4ccc(-c5ccccc5)cc4)c3c2)c2cccc3ccccc23)cc1. The lowest BCUT2D eigenvalue weighted by molar-refractivity contribution is 0.866.